The van der Waals surface area contributed by atoms with E-state index >= 15 is 0 Å². The molecule has 0 aromatic heterocycles. The summed E-state index contributed by atoms with van der Waals surface area (Å²) in [6.45, 7) is 11.9. The summed E-state index contributed by atoms with van der Waals surface area (Å²) in [5.41, 5.74) is 2.40. The van der Waals surface area contributed by atoms with E-state index in [4.69, 9.17) is 4.74 Å². The summed E-state index contributed by atoms with van der Waals surface area (Å²) in [6, 6.07) is 5.65. The number of nitrogens with zero attached hydrogens (tertiary/aromatic N) is 2. The average Bonchev–Trinajstić information content (AvgIpc) is 2.86. The molecule has 2 heterocycles. The number of ether oxygens (including phenoxy) is 1. The van der Waals surface area contributed by atoms with E-state index in [1.807, 2.05) is 32.0 Å². The molecule has 1 aromatic carbocycles. The maximum absolute atomic E-state index is 11.6. The second-order valence-electron chi connectivity index (χ2n) is 5.63. The molecule has 1 fully saturated rings. The third kappa shape index (κ3) is 3.98. The van der Waals surface area contributed by atoms with Crippen LogP contribution in [0.5, 0.6) is 0 Å². The molecule has 5 heteroatoms. The van der Waals surface area contributed by atoms with Gasteiger partial charge in [0, 0.05) is 19.6 Å². The van der Waals surface area contributed by atoms with E-state index in [1.54, 1.807) is 0 Å². The van der Waals surface area contributed by atoms with Crippen LogP contribution in [-0.4, -0.2) is 56.0 Å². The van der Waals surface area contributed by atoms with Crippen LogP contribution in [0.25, 0.3) is 0 Å². The van der Waals surface area contributed by atoms with E-state index in [-0.39, 0.29) is 5.78 Å². The number of amides is 1. The average molecular weight is 318 g/mol. The van der Waals surface area contributed by atoms with Crippen molar-refractivity contribution in [1.29, 1.82) is 0 Å². The highest BCUT2D eigenvalue weighted by molar-refractivity contribution is 6.52. The number of fused-ring (bicyclic) bond motifs is 1. The number of Topliss-reactive ketones (excluding diaryl/α,β-unsaturated/α-hetero) is 1. The van der Waals surface area contributed by atoms with E-state index in [0.717, 1.165) is 44.0 Å². The number of carbonyl (C=O) groups excluding carboxylic acids is 2. The van der Waals surface area contributed by atoms with Crippen molar-refractivity contribution in [3.05, 3.63) is 29.3 Å². The Morgan fingerprint density at radius 1 is 1.04 bits per heavy atom. The Bertz CT molecular complexity index is 565. The van der Waals surface area contributed by atoms with Gasteiger partial charge in [-0.15, -0.1) is 0 Å². The van der Waals surface area contributed by atoms with Gasteiger partial charge in [-0.25, -0.2) is 0 Å². The zero-order valence-corrected chi connectivity index (χ0v) is 14.3. The lowest BCUT2D eigenvalue weighted by atomic mass is 10.1. The highest BCUT2D eigenvalue weighted by atomic mass is 16.5. The van der Waals surface area contributed by atoms with Crippen LogP contribution in [0, 0.1) is 0 Å². The van der Waals surface area contributed by atoms with Crippen molar-refractivity contribution in [2.24, 2.45) is 0 Å². The van der Waals surface area contributed by atoms with E-state index in [0.29, 0.717) is 12.1 Å². The maximum atomic E-state index is 11.6. The molecule has 2 aliphatic rings. The summed E-state index contributed by atoms with van der Waals surface area (Å²) in [4.78, 5) is 27.1. The quantitative estimate of drug-likeness (QED) is 0.801. The number of anilines is 1. The van der Waals surface area contributed by atoms with Crippen molar-refractivity contribution < 1.29 is 14.3 Å². The third-order valence-corrected chi connectivity index (χ3v) is 4.31. The SMILES string of the molecule is CCN1CCOCC1.CCc1ccc2c(c1)C(=O)C(=O)N2CC. The van der Waals surface area contributed by atoms with Crippen molar-refractivity contribution in [1.82, 2.24) is 4.90 Å². The second kappa shape index (κ2) is 8.22. The van der Waals surface area contributed by atoms with Gasteiger partial charge >= 0.3 is 0 Å². The van der Waals surface area contributed by atoms with Crippen LogP contribution in [0.1, 0.15) is 36.7 Å². The molecule has 1 saturated heterocycles. The Morgan fingerprint density at radius 3 is 2.26 bits per heavy atom. The van der Waals surface area contributed by atoms with E-state index in [9.17, 15) is 9.59 Å². The summed E-state index contributed by atoms with van der Waals surface area (Å²) in [5.74, 6) is -0.775. The number of ketones is 1. The Labute approximate surface area is 138 Å². The highest BCUT2D eigenvalue weighted by Crippen LogP contribution is 2.29. The molecule has 0 radical (unpaired) electrons. The Hall–Kier alpha value is -1.72. The second-order valence-corrected chi connectivity index (χ2v) is 5.63. The van der Waals surface area contributed by atoms with Crippen molar-refractivity contribution in [3.8, 4) is 0 Å². The summed E-state index contributed by atoms with van der Waals surface area (Å²) in [7, 11) is 0. The number of hydrogen-bond donors (Lipinski definition) is 0. The fourth-order valence-corrected chi connectivity index (χ4v) is 2.80. The third-order valence-electron chi connectivity index (χ3n) is 4.31. The molecule has 23 heavy (non-hydrogen) atoms. The number of morpholine rings is 1. The molecule has 0 atom stereocenters. The molecule has 3 rings (SSSR count). The molecular formula is C18H26N2O3. The lowest BCUT2D eigenvalue weighted by molar-refractivity contribution is -0.114. The summed E-state index contributed by atoms with van der Waals surface area (Å²) in [5, 5.41) is 0. The first kappa shape index (κ1) is 17.6. The highest BCUT2D eigenvalue weighted by Gasteiger charge is 2.34. The van der Waals surface area contributed by atoms with Crippen LogP contribution in [0.15, 0.2) is 18.2 Å². The standard InChI is InChI=1S/C12H13NO2.C6H13NO/c1-3-8-5-6-10-9(7-8)11(14)12(15)13(10)4-2;1-2-7-3-5-8-6-4-7/h5-7H,3-4H2,1-2H3;2-6H2,1H3. The maximum Gasteiger partial charge on any atom is 0.299 e. The van der Waals surface area contributed by atoms with Crippen LogP contribution >= 0.6 is 0 Å². The van der Waals surface area contributed by atoms with Crippen molar-refractivity contribution in [3.63, 3.8) is 0 Å². The normalized spacial score (nSPS) is 17.8. The zero-order chi connectivity index (χ0) is 16.8. The minimum atomic E-state index is -0.402. The van der Waals surface area contributed by atoms with Gasteiger partial charge in [0.05, 0.1) is 24.5 Å². The number of likely N-dealkylation sites (N-methyl/N-ethyl adjacent to an activating group) is 2. The van der Waals surface area contributed by atoms with Gasteiger partial charge in [-0.2, -0.15) is 0 Å². The van der Waals surface area contributed by atoms with E-state index in [2.05, 4.69) is 11.8 Å². The topological polar surface area (TPSA) is 49.9 Å². The largest absolute Gasteiger partial charge is 0.379 e. The smallest absolute Gasteiger partial charge is 0.299 e. The van der Waals surface area contributed by atoms with Gasteiger partial charge in [0.2, 0.25) is 0 Å². The monoisotopic (exact) mass is 318 g/mol. The number of hydrogen-bond acceptors (Lipinski definition) is 4. The Balaban J connectivity index is 0.000000203. The molecule has 1 aromatic rings. The Morgan fingerprint density at radius 2 is 1.74 bits per heavy atom. The van der Waals surface area contributed by atoms with Gasteiger partial charge in [-0.3, -0.25) is 14.5 Å². The predicted octanol–water partition coefficient (Wildman–Crippen LogP) is 2.14. The number of aryl methyl sites for hydroxylation is 1. The number of benzene rings is 1. The van der Waals surface area contributed by atoms with Crippen LogP contribution < -0.4 is 4.90 Å². The number of carbonyl (C=O) groups is 2. The van der Waals surface area contributed by atoms with Gasteiger partial charge in [0.1, 0.15) is 0 Å². The van der Waals surface area contributed by atoms with E-state index in [1.165, 1.54) is 11.4 Å². The van der Waals surface area contributed by atoms with Crippen LogP contribution in [-0.2, 0) is 16.0 Å². The first-order valence-electron chi connectivity index (χ1n) is 8.41. The number of rotatable bonds is 3. The fourth-order valence-electron chi connectivity index (χ4n) is 2.80. The van der Waals surface area contributed by atoms with Gasteiger partial charge in [-0.1, -0.05) is 19.9 Å². The van der Waals surface area contributed by atoms with Crippen LogP contribution in [0.3, 0.4) is 0 Å². The molecule has 0 N–H and O–H groups in total. The fraction of sp³-hybridized carbons (Fsp3) is 0.556. The lowest BCUT2D eigenvalue weighted by Gasteiger charge is -2.24. The van der Waals surface area contributed by atoms with Gasteiger partial charge in [0.15, 0.2) is 0 Å². The molecule has 0 aliphatic carbocycles. The Kier molecular flexibility index (Phi) is 6.30. The molecule has 2 aliphatic heterocycles. The van der Waals surface area contributed by atoms with E-state index < -0.39 is 5.91 Å². The molecule has 0 bridgehead atoms. The van der Waals surface area contributed by atoms with Gasteiger partial charge in [-0.05, 0) is 37.6 Å². The molecule has 1 amide bonds. The molecule has 0 unspecified atom stereocenters. The minimum Gasteiger partial charge on any atom is -0.379 e. The first-order valence-corrected chi connectivity index (χ1v) is 8.41. The van der Waals surface area contributed by atoms with Crippen LogP contribution in [0.4, 0.5) is 5.69 Å². The van der Waals surface area contributed by atoms with Crippen molar-refractivity contribution in [2.75, 3.05) is 44.3 Å². The molecule has 0 spiro atoms. The first-order chi connectivity index (χ1) is 11.1. The summed E-state index contributed by atoms with van der Waals surface area (Å²) >= 11 is 0. The molecule has 5 nitrogen and oxygen atoms in total. The predicted molar refractivity (Wildman–Crippen MR) is 91.1 cm³/mol. The van der Waals surface area contributed by atoms with Crippen molar-refractivity contribution in [2.45, 2.75) is 27.2 Å². The van der Waals surface area contributed by atoms with Crippen molar-refractivity contribution >= 4 is 17.4 Å². The molecule has 126 valence electrons. The van der Waals surface area contributed by atoms with Gasteiger partial charge in [0.25, 0.3) is 11.7 Å². The zero-order valence-electron chi connectivity index (χ0n) is 14.3. The van der Waals surface area contributed by atoms with Crippen LogP contribution in [0.2, 0.25) is 0 Å². The summed E-state index contributed by atoms with van der Waals surface area (Å²) in [6.07, 6.45) is 0.876. The molecule has 0 saturated carbocycles. The lowest BCUT2D eigenvalue weighted by Crippen LogP contribution is -2.35. The summed E-state index contributed by atoms with van der Waals surface area (Å²) < 4.78 is 5.16. The molecular weight excluding hydrogens is 292 g/mol. The minimum absolute atomic E-state index is 0.373. The van der Waals surface area contributed by atoms with Gasteiger partial charge < -0.3 is 9.64 Å².